The standard InChI is InChI=1S/C17H23N3O/c1-3-14-11-12(2)18-16-15(9-10-20(14)16)17(21)19-13-7-5-4-6-8-13/h9-11,13H,3-8H2,1-2H3,(H,19,21). The van der Waals surface area contributed by atoms with Gasteiger partial charge in [0.15, 0.2) is 0 Å². The Morgan fingerprint density at radius 1 is 1.38 bits per heavy atom. The van der Waals surface area contributed by atoms with Gasteiger partial charge < -0.3 is 9.72 Å². The highest BCUT2D eigenvalue weighted by Crippen LogP contribution is 2.19. The van der Waals surface area contributed by atoms with Gasteiger partial charge in [0.2, 0.25) is 0 Å². The predicted octanol–water partition coefficient (Wildman–Crippen LogP) is 3.27. The van der Waals surface area contributed by atoms with E-state index in [1.165, 1.54) is 25.0 Å². The molecule has 2 aromatic heterocycles. The maximum absolute atomic E-state index is 12.5. The smallest absolute Gasteiger partial charge is 0.255 e. The van der Waals surface area contributed by atoms with E-state index in [2.05, 4.69) is 23.3 Å². The first-order valence-corrected chi connectivity index (χ1v) is 7.97. The number of amides is 1. The van der Waals surface area contributed by atoms with Gasteiger partial charge in [-0.3, -0.25) is 4.79 Å². The lowest BCUT2D eigenvalue weighted by Crippen LogP contribution is -2.36. The van der Waals surface area contributed by atoms with Crippen LogP contribution in [0.4, 0.5) is 0 Å². The van der Waals surface area contributed by atoms with Crippen LogP contribution in [0.5, 0.6) is 0 Å². The van der Waals surface area contributed by atoms with Crippen molar-refractivity contribution in [1.29, 1.82) is 0 Å². The van der Waals surface area contributed by atoms with E-state index < -0.39 is 0 Å². The molecule has 21 heavy (non-hydrogen) atoms. The van der Waals surface area contributed by atoms with Gasteiger partial charge in [-0.25, -0.2) is 4.98 Å². The second kappa shape index (κ2) is 5.88. The first-order chi connectivity index (χ1) is 10.2. The van der Waals surface area contributed by atoms with Gasteiger partial charge in [-0.15, -0.1) is 0 Å². The van der Waals surface area contributed by atoms with Gasteiger partial charge in [0.05, 0.1) is 5.56 Å². The number of hydrogen-bond acceptors (Lipinski definition) is 2. The number of rotatable bonds is 3. The van der Waals surface area contributed by atoms with Crippen molar-refractivity contribution in [2.24, 2.45) is 0 Å². The first-order valence-electron chi connectivity index (χ1n) is 7.97. The summed E-state index contributed by atoms with van der Waals surface area (Å²) in [7, 11) is 0. The summed E-state index contributed by atoms with van der Waals surface area (Å²) in [6.07, 6.45) is 8.82. The molecule has 0 bridgehead atoms. The third-order valence-corrected chi connectivity index (χ3v) is 4.37. The molecule has 1 amide bonds. The third-order valence-electron chi connectivity index (χ3n) is 4.37. The van der Waals surface area contributed by atoms with Crippen LogP contribution in [0, 0.1) is 6.92 Å². The highest BCUT2D eigenvalue weighted by atomic mass is 16.1. The zero-order valence-electron chi connectivity index (χ0n) is 12.9. The van der Waals surface area contributed by atoms with Gasteiger partial charge in [-0.1, -0.05) is 26.2 Å². The van der Waals surface area contributed by atoms with Crippen molar-refractivity contribution in [1.82, 2.24) is 14.7 Å². The quantitative estimate of drug-likeness (QED) is 0.940. The van der Waals surface area contributed by atoms with Crippen LogP contribution in [-0.2, 0) is 6.42 Å². The summed E-state index contributed by atoms with van der Waals surface area (Å²) in [6.45, 7) is 4.10. The molecule has 0 atom stereocenters. The number of hydrogen-bond donors (Lipinski definition) is 1. The minimum Gasteiger partial charge on any atom is -0.349 e. The zero-order valence-corrected chi connectivity index (χ0v) is 12.9. The van der Waals surface area contributed by atoms with Crippen LogP contribution in [0.15, 0.2) is 18.3 Å². The average Bonchev–Trinajstić information content (AvgIpc) is 2.91. The van der Waals surface area contributed by atoms with Crippen LogP contribution >= 0.6 is 0 Å². The zero-order chi connectivity index (χ0) is 14.8. The molecule has 4 heteroatoms. The lowest BCUT2D eigenvalue weighted by molar-refractivity contribution is 0.0929. The number of aryl methyl sites for hydroxylation is 2. The predicted molar refractivity (Wildman–Crippen MR) is 83.6 cm³/mol. The molecule has 1 N–H and O–H groups in total. The normalized spacial score (nSPS) is 16.3. The Kier molecular flexibility index (Phi) is 3.95. The van der Waals surface area contributed by atoms with E-state index in [0.29, 0.717) is 11.6 Å². The molecule has 0 saturated heterocycles. The highest BCUT2D eigenvalue weighted by molar-refractivity contribution is 6.00. The molecule has 0 aromatic carbocycles. The number of nitrogens with one attached hydrogen (secondary N) is 1. The fourth-order valence-electron chi connectivity index (χ4n) is 3.24. The molecule has 1 aliphatic rings. The van der Waals surface area contributed by atoms with Crippen LogP contribution in [0.1, 0.15) is 60.8 Å². The van der Waals surface area contributed by atoms with E-state index in [-0.39, 0.29) is 5.91 Å². The topological polar surface area (TPSA) is 46.4 Å². The molecule has 4 nitrogen and oxygen atoms in total. The highest BCUT2D eigenvalue weighted by Gasteiger charge is 2.19. The van der Waals surface area contributed by atoms with E-state index in [1.807, 2.05) is 23.6 Å². The summed E-state index contributed by atoms with van der Waals surface area (Å²) in [6, 6.07) is 4.30. The van der Waals surface area contributed by atoms with Crippen molar-refractivity contribution >= 4 is 11.6 Å². The summed E-state index contributed by atoms with van der Waals surface area (Å²) < 4.78 is 2.03. The number of nitrogens with zero attached hydrogens (tertiary/aromatic N) is 2. The van der Waals surface area contributed by atoms with Gasteiger partial charge in [-0.2, -0.15) is 0 Å². The maximum atomic E-state index is 12.5. The van der Waals surface area contributed by atoms with Crippen molar-refractivity contribution in [3.8, 4) is 0 Å². The molecule has 0 spiro atoms. The number of carbonyl (C=O) groups excluding carboxylic acids is 1. The van der Waals surface area contributed by atoms with Crippen molar-refractivity contribution in [3.05, 3.63) is 35.3 Å². The van der Waals surface area contributed by atoms with Crippen molar-refractivity contribution in [3.63, 3.8) is 0 Å². The molecular weight excluding hydrogens is 262 g/mol. The summed E-state index contributed by atoms with van der Waals surface area (Å²) in [4.78, 5) is 17.1. The summed E-state index contributed by atoms with van der Waals surface area (Å²) >= 11 is 0. The minimum atomic E-state index is 0.0181. The van der Waals surface area contributed by atoms with E-state index >= 15 is 0 Å². The second-order valence-corrected chi connectivity index (χ2v) is 5.97. The molecule has 0 radical (unpaired) electrons. The van der Waals surface area contributed by atoms with Gasteiger partial charge in [0.1, 0.15) is 5.65 Å². The largest absolute Gasteiger partial charge is 0.349 e. The summed E-state index contributed by atoms with van der Waals surface area (Å²) in [5, 5.41) is 3.18. The fourth-order valence-corrected chi connectivity index (χ4v) is 3.24. The number of carbonyl (C=O) groups is 1. The van der Waals surface area contributed by atoms with Gasteiger partial charge in [-0.05, 0) is 38.3 Å². The second-order valence-electron chi connectivity index (χ2n) is 5.97. The molecule has 2 aromatic rings. The number of aromatic nitrogens is 2. The third kappa shape index (κ3) is 2.80. The fraction of sp³-hybridized carbons (Fsp3) is 0.529. The molecule has 1 fully saturated rings. The molecule has 0 aliphatic heterocycles. The van der Waals surface area contributed by atoms with Gasteiger partial charge in [0, 0.05) is 23.6 Å². The van der Waals surface area contributed by atoms with Crippen LogP contribution in [-0.4, -0.2) is 21.3 Å². The van der Waals surface area contributed by atoms with Crippen LogP contribution in [0.3, 0.4) is 0 Å². The molecule has 0 unspecified atom stereocenters. The summed E-state index contributed by atoms with van der Waals surface area (Å²) in [5.41, 5.74) is 3.62. The maximum Gasteiger partial charge on any atom is 0.255 e. The Balaban J connectivity index is 1.89. The lowest BCUT2D eigenvalue weighted by Gasteiger charge is -2.22. The van der Waals surface area contributed by atoms with Crippen LogP contribution in [0.25, 0.3) is 5.65 Å². The molecule has 2 heterocycles. The monoisotopic (exact) mass is 285 g/mol. The average molecular weight is 285 g/mol. The van der Waals surface area contributed by atoms with Crippen molar-refractivity contribution in [2.45, 2.75) is 58.4 Å². The molecule has 1 saturated carbocycles. The Labute approximate surface area is 125 Å². The number of fused-ring (bicyclic) bond motifs is 1. The molecular formula is C17H23N3O. The Bertz CT molecular complexity index is 653. The lowest BCUT2D eigenvalue weighted by atomic mass is 9.95. The summed E-state index contributed by atoms with van der Waals surface area (Å²) in [5.74, 6) is 0.0181. The molecule has 112 valence electrons. The minimum absolute atomic E-state index is 0.0181. The molecule has 1 aliphatic carbocycles. The van der Waals surface area contributed by atoms with E-state index in [1.54, 1.807) is 0 Å². The van der Waals surface area contributed by atoms with Crippen molar-refractivity contribution < 1.29 is 4.79 Å². The van der Waals surface area contributed by atoms with Crippen LogP contribution in [0.2, 0.25) is 0 Å². The van der Waals surface area contributed by atoms with Crippen LogP contribution < -0.4 is 5.32 Å². The molecule has 3 rings (SSSR count). The van der Waals surface area contributed by atoms with E-state index in [0.717, 1.165) is 30.6 Å². The van der Waals surface area contributed by atoms with Gasteiger partial charge >= 0.3 is 0 Å². The Hall–Kier alpha value is -1.84. The van der Waals surface area contributed by atoms with E-state index in [9.17, 15) is 4.79 Å². The Morgan fingerprint density at radius 3 is 2.86 bits per heavy atom. The van der Waals surface area contributed by atoms with E-state index in [4.69, 9.17) is 0 Å². The first kappa shape index (κ1) is 14.1. The van der Waals surface area contributed by atoms with Gasteiger partial charge in [0.25, 0.3) is 5.91 Å². The SMILES string of the molecule is CCc1cc(C)nc2c(C(=O)NC3CCCCC3)ccn12. The Morgan fingerprint density at radius 2 is 2.14 bits per heavy atom. The van der Waals surface area contributed by atoms with Crippen molar-refractivity contribution in [2.75, 3.05) is 0 Å².